The summed E-state index contributed by atoms with van der Waals surface area (Å²) in [5.74, 6) is 0.822. The van der Waals surface area contributed by atoms with Crippen LogP contribution in [0.1, 0.15) is 25.2 Å². The summed E-state index contributed by atoms with van der Waals surface area (Å²) in [5, 5.41) is 9.31. The van der Waals surface area contributed by atoms with E-state index < -0.39 is 0 Å². The van der Waals surface area contributed by atoms with E-state index in [0.29, 0.717) is 6.54 Å². The number of rotatable bonds is 5. The molecule has 0 radical (unpaired) electrons. The van der Waals surface area contributed by atoms with Gasteiger partial charge in [-0.1, -0.05) is 0 Å². The third-order valence-corrected chi connectivity index (χ3v) is 3.04. The van der Waals surface area contributed by atoms with E-state index in [0.717, 1.165) is 17.1 Å². The quantitative estimate of drug-likeness (QED) is 0.846. The summed E-state index contributed by atoms with van der Waals surface area (Å²) in [7, 11) is 3.63. The first kappa shape index (κ1) is 13.9. The fraction of sp³-hybridized carbons (Fsp3) is 0.615. The van der Waals surface area contributed by atoms with E-state index in [4.69, 9.17) is 4.74 Å². The van der Waals surface area contributed by atoms with Crippen LogP contribution in [0.4, 0.5) is 0 Å². The van der Waals surface area contributed by atoms with Gasteiger partial charge in [0.15, 0.2) is 0 Å². The zero-order valence-corrected chi connectivity index (χ0v) is 11.3. The first-order valence-corrected chi connectivity index (χ1v) is 5.72. The Kier molecular flexibility index (Phi) is 4.48. The van der Waals surface area contributed by atoms with Crippen LogP contribution >= 0.6 is 0 Å². The van der Waals surface area contributed by atoms with Crippen LogP contribution in [0.25, 0.3) is 0 Å². The largest absolute Gasteiger partial charge is 0.497 e. The van der Waals surface area contributed by atoms with Crippen LogP contribution in [0.3, 0.4) is 0 Å². The van der Waals surface area contributed by atoms with E-state index >= 15 is 0 Å². The van der Waals surface area contributed by atoms with Crippen molar-refractivity contribution in [2.75, 3.05) is 20.8 Å². The van der Waals surface area contributed by atoms with Gasteiger partial charge in [-0.25, -0.2) is 0 Å². The van der Waals surface area contributed by atoms with Crippen molar-refractivity contribution in [3.05, 3.63) is 23.5 Å². The summed E-state index contributed by atoms with van der Waals surface area (Å²) in [6.07, 6.45) is 0. The molecule has 0 aromatic carbocycles. The molecule has 1 rings (SSSR count). The Hall–Kier alpha value is -1.13. The van der Waals surface area contributed by atoms with Crippen LogP contribution in [0.2, 0.25) is 0 Å². The molecule has 0 fully saturated rings. The molecule has 0 aliphatic heterocycles. The summed E-state index contributed by atoms with van der Waals surface area (Å²) >= 11 is 0. The van der Waals surface area contributed by atoms with Gasteiger partial charge in [0, 0.05) is 29.9 Å². The minimum atomic E-state index is -0.251. The van der Waals surface area contributed by atoms with Crippen LogP contribution in [0, 0.1) is 6.92 Å². The highest BCUT2D eigenvalue weighted by Gasteiger charge is 2.22. The van der Waals surface area contributed by atoms with Gasteiger partial charge >= 0.3 is 0 Å². The summed E-state index contributed by atoms with van der Waals surface area (Å²) in [6, 6.07) is 3.83. The molecule has 17 heavy (non-hydrogen) atoms. The maximum Gasteiger partial charge on any atom is 0.122 e. The molecule has 0 bridgehead atoms. The number of nitrogens with zero attached hydrogens (tertiary/aromatic N) is 2. The zero-order chi connectivity index (χ0) is 13.1. The topological polar surface area (TPSA) is 45.6 Å². The van der Waals surface area contributed by atoms with Crippen molar-refractivity contribution in [3.8, 4) is 5.75 Å². The Morgan fingerprint density at radius 2 is 2.06 bits per heavy atom. The molecule has 1 N–H and O–H groups in total. The molecule has 4 heteroatoms. The van der Waals surface area contributed by atoms with Crippen molar-refractivity contribution in [1.82, 2.24) is 9.88 Å². The van der Waals surface area contributed by atoms with E-state index in [1.54, 1.807) is 7.11 Å². The highest BCUT2D eigenvalue weighted by molar-refractivity contribution is 5.26. The summed E-state index contributed by atoms with van der Waals surface area (Å²) in [4.78, 5) is 6.54. The molecule has 0 amide bonds. The standard InChI is InChI=1S/C13H22N2O2/c1-10-6-12(17-5)7-11(14-10)8-15(4)13(2,3)9-16/h6-7,16H,8-9H2,1-5H3. The monoisotopic (exact) mass is 238 g/mol. The van der Waals surface area contributed by atoms with Crippen molar-refractivity contribution in [2.45, 2.75) is 32.9 Å². The predicted molar refractivity (Wildman–Crippen MR) is 68.2 cm³/mol. The first-order chi connectivity index (χ1) is 7.89. The van der Waals surface area contributed by atoms with Crippen LogP contribution < -0.4 is 4.74 Å². The molecule has 0 aliphatic carbocycles. The minimum absolute atomic E-state index is 0.118. The average Bonchev–Trinajstić information content (AvgIpc) is 2.28. The SMILES string of the molecule is COc1cc(C)nc(CN(C)C(C)(C)CO)c1. The molecule has 0 saturated heterocycles. The molecule has 0 saturated carbocycles. The minimum Gasteiger partial charge on any atom is -0.497 e. The summed E-state index contributed by atoms with van der Waals surface area (Å²) in [6.45, 7) is 6.75. The normalized spacial score (nSPS) is 11.9. The van der Waals surface area contributed by atoms with E-state index in [1.165, 1.54) is 0 Å². The highest BCUT2D eigenvalue weighted by Crippen LogP contribution is 2.18. The number of hydrogen-bond donors (Lipinski definition) is 1. The van der Waals surface area contributed by atoms with Gasteiger partial charge in [0.1, 0.15) is 5.75 Å². The molecule has 96 valence electrons. The Bertz CT molecular complexity index is 378. The smallest absolute Gasteiger partial charge is 0.122 e. The molecule has 0 spiro atoms. The van der Waals surface area contributed by atoms with Crippen LogP contribution in [-0.4, -0.2) is 41.3 Å². The molecule has 1 heterocycles. The number of aryl methyl sites for hydroxylation is 1. The van der Waals surface area contributed by atoms with Gasteiger partial charge in [-0.2, -0.15) is 0 Å². The van der Waals surface area contributed by atoms with E-state index in [1.807, 2.05) is 40.0 Å². The molecular formula is C13H22N2O2. The highest BCUT2D eigenvalue weighted by atomic mass is 16.5. The number of aliphatic hydroxyl groups excluding tert-OH is 1. The fourth-order valence-electron chi connectivity index (χ4n) is 1.48. The van der Waals surface area contributed by atoms with Crippen LogP contribution in [-0.2, 0) is 6.54 Å². The van der Waals surface area contributed by atoms with E-state index in [2.05, 4.69) is 9.88 Å². The van der Waals surface area contributed by atoms with Gasteiger partial charge in [0.05, 0.1) is 19.4 Å². The van der Waals surface area contributed by atoms with E-state index in [9.17, 15) is 5.11 Å². The van der Waals surface area contributed by atoms with Crippen molar-refractivity contribution in [3.63, 3.8) is 0 Å². The van der Waals surface area contributed by atoms with Crippen LogP contribution in [0.5, 0.6) is 5.75 Å². The summed E-state index contributed by atoms with van der Waals surface area (Å²) in [5.41, 5.74) is 1.64. The molecule has 0 unspecified atom stereocenters. The molecule has 1 aromatic rings. The Morgan fingerprint density at radius 1 is 1.41 bits per heavy atom. The second kappa shape index (κ2) is 5.47. The maximum absolute atomic E-state index is 9.31. The first-order valence-electron chi connectivity index (χ1n) is 5.72. The number of pyridine rings is 1. The Balaban J connectivity index is 2.84. The number of methoxy groups -OCH3 is 1. The van der Waals surface area contributed by atoms with Crippen molar-refractivity contribution in [2.24, 2.45) is 0 Å². The number of hydrogen-bond acceptors (Lipinski definition) is 4. The van der Waals surface area contributed by atoms with Gasteiger partial charge in [-0.3, -0.25) is 9.88 Å². The Labute approximate surface area is 103 Å². The van der Waals surface area contributed by atoms with Gasteiger partial charge < -0.3 is 9.84 Å². The summed E-state index contributed by atoms with van der Waals surface area (Å²) < 4.78 is 5.22. The molecule has 0 atom stereocenters. The van der Waals surface area contributed by atoms with Gasteiger partial charge in [-0.05, 0) is 27.8 Å². The third-order valence-electron chi connectivity index (χ3n) is 3.04. The number of aromatic nitrogens is 1. The molecule has 0 aliphatic rings. The van der Waals surface area contributed by atoms with Gasteiger partial charge in [-0.15, -0.1) is 0 Å². The van der Waals surface area contributed by atoms with Crippen molar-refractivity contribution < 1.29 is 9.84 Å². The lowest BCUT2D eigenvalue weighted by molar-refractivity contribution is 0.0724. The fourth-order valence-corrected chi connectivity index (χ4v) is 1.48. The lowest BCUT2D eigenvalue weighted by atomic mass is 10.0. The van der Waals surface area contributed by atoms with Gasteiger partial charge in [0.25, 0.3) is 0 Å². The predicted octanol–water partition coefficient (Wildman–Crippen LogP) is 1.60. The molecule has 1 aromatic heterocycles. The van der Waals surface area contributed by atoms with Crippen molar-refractivity contribution >= 4 is 0 Å². The van der Waals surface area contributed by atoms with Crippen molar-refractivity contribution in [1.29, 1.82) is 0 Å². The zero-order valence-electron chi connectivity index (χ0n) is 11.3. The lowest BCUT2D eigenvalue weighted by Gasteiger charge is -2.33. The maximum atomic E-state index is 9.31. The third kappa shape index (κ3) is 3.68. The second-order valence-electron chi connectivity index (χ2n) is 4.97. The van der Waals surface area contributed by atoms with Crippen LogP contribution in [0.15, 0.2) is 12.1 Å². The number of aliphatic hydroxyl groups is 1. The van der Waals surface area contributed by atoms with Gasteiger partial charge in [0.2, 0.25) is 0 Å². The molecule has 4 nitrogen and oxygen atoms in total. The van der Waals surface area contributed by atoms with E-state index in [-0.39, 0.29) is 12.1 Å². The number of ether oxygens (including phenoxy) is 1. The average molecular weight is 238 g/mol. The number of likely N-dealkylation sites (N-methyl/N-ethyl adjacent to an activating group) is 1. The Morgan fingerprint density at radius 3 is 2.59 bits per heavy atom. The molecular weight excluding hydrogens is 216 g/mol. The second-order valence-corrected chi connectivity index (χ2v) is 4.97. The lowest BCUT2D eigenvalue weighted by Crippen LogP contribution is -2.43.